The number of carbonyl (C=O) groups is 1. The summed E-state index contributed by atoms with van der Waals surface area (Å²) in [4.78, 5) is 16.4. The molecule has 1 N–H and O–H groups in total. The Kier molecular flexibility index (Phi) is 3.61. The molecule has 0 saturated heterocycles. The van der Waals surface area contributed by atoms with Crippen molar-refractivity contribution in [2.45, 2.75) is 32.6 Å². The predicted octanol–water partition coefficient (Wildman–Crippen LogP) is 2.61. The molecule has 0 bridgehead atoms. The summed E-state index contributed by atoms with van der Waals surface area (Å²) < 4.78 is 1.51. The highest BCUT2D eigenvalue weighted by Crippen LogP contribution is 2.28. The van der Waals surface area contributed by atoms with Gasteiger partial charge in [-0.05, 0) is 30.9 Å². The third-order valence-corrected chi connectivity index (χ3v) is 4.10. The smallest absolute Gasteiger partial charge is 0.271 e. The highest BCUT2D eigenvalue weighted by Gasteiger charge is 2.18. The minimum Gasteiger partial charge on any atom is -0.351 e. The summed E-state index contributed by atoms with van der Waals surface area (Å²) in [5.41, 5.74) is 2.00. The van der Waals surface area contributed by atoms with Crippen molar-refractivity contribution in [1.82, 2.24) is 19.9 Å². The Hall–Kier alpha value is -1.62. The van der Waals surface area contributed by atoms with Gasteiger partial charge in [-0.2, -0.15) is 5.10 Å². The fourth-order valence-electron chi connectivity index (χ4n) is 2.50. The second kappa shape index (κ2) is 5.40. The van der Waals surface area contributed by atoms with E-state index in [0.717, 1.165) is 17.9 Å². The van der Waals surface area contributed by atoms with E-state index < -0.39 is 0 Å². The average molecular weight is 293 g/mol. The maximum absolute atomic E-state index is 12.2. The fraction of sp³-hybridized carbons (Fsp3) is 0.500. The summed E-state index contributed by atoms with van der Waals surface area (Å²) in [6.45, 7) is 2.60. The molecule has 2 aromatic heterocycles. The first-order valence-electron chi connectivity index (χ1n) is 6.94. The number of halogens is 1. The van der Waals surface area contributed by atoms with Crippen LogP contribution in [0.15, 0.2) is 12.3 Å². The monoisotopic (exact) mass is 292 g/mol. The Morgan fingerprint density at radius 2 is 2.35 bits per heavy atom. The molecule has 1 aliphatic rings. The van der Waals surface area contributed by atoms with E-state index >= 15 is 0 Å². The summed E-state index contributed by atoms with van der Waals surface area (Å²) in [6, 6.07) is 1.74. The lowest BCUT2D eigenvalue weighted by Crippen LogP contribution is -2.28. The number of hydrogen-bond donors (Lipinski definition) is 1. The maximum atomic E-state index is 12.2. The van der Waals surface area contributed by atoms with E-state index in [9.17, 15) is 4.79 Å². The lowest BCUT2D eigenvalue weighted by Gasteiger charge is -2.25. The quantitative estimate of drug-likeness (QED) is 0.942. The summed E-state index contributed by atoms with van der Waals surface area (Å²) in [5, 5.41) is 7.44. The van der Waals surface area contributed by atoms with Crippen molar-refractivity contribution in [2.24, 2.45) is 5.92 Å². The van der Waals surface area contributed by atoms with Gasteiger partial charge in [0.05, 0.1) is 6.20 Å². The molecular weight excluding hydrogens is 276 g/mol. The van der Waals surface area contributed by atoms with E-state index in [4.69, 9.17) is 11.6 Å². The summed E-state index contributed by atoms with van der Waals surface area (Å²) >= 11 is 5.94. The van der Waals surface area contributed by atoms with Crippen molar-refractivity contribution >= 4 is 23.2 Å². The number of fused-ring (bicyclic) bond motifs is 1. The summed E-state index contributed by atoms with van der Waals surface area (Å²) in [7, 11) is 0. The molecule has 106 valence electrons. The van der Waals surface area contributed by atoms with E-state index in [2.05, 4.69) is 15.4 Å². The standard InChI is InChI=1S/C14H17ClN4O/c1-9-7-12(15)18-19-11(8-17-13(9)19)14(20)16-6-5-10-3-2-4-10/h7-8,10H,2-6H2,1H3,(H,16,20). The van der Waals surface area contributed by atoms with Crippen LogP contribution in [0.1, 0.15) is 41.7 Å². The van der Waals surface area contributed by atoms with Crippen LogP contribution >= 0.6 is 11.6 Å². The SMILES string of the molecule is Cc1cc(Cl)nn2c(C(=O)NCCC3CCC3)cnc12. The molecule has 3 rings (SSSR count). The van der Waals surface area contributed by atoms with Gasteiger partial charge in [-0.15, -0.1) is 0 Å². The molecule has 1 saturated carbocycles. The molecule has 2 heterocycles. The van der Waals surface area contributed by atoms with Crippen molar-refractivity contribution in [3.63, 3.8) is 0 Å². The second-order valence-electron chi connectivity index (χ2n) is 5.37. The van der Waals surface area contributed by atoms with Crippen molar-refractivity contribution in [3.05, 3.63) is 28.7 Å². The van der Waals surface area contributed by atoms with Crippen LogP contribution < -0.4 is 5.32 Å². The molecule has 0 aromatic carbocycles. The van der Waals surface area contributed by atoms with Gasteiger partial charge in [0.15, 0.2) is 11.3 Å². The van der Waals surface area contributed by atoms with Crippen LogP contribution in [0.4, 0.5) is 0 Å². The number of nitrogens with zero attached hydrogens (tertiary/aromatic N) is 3. The second-order valence-corrected chi connectivity index (χ2v) is 5.76. The Labute approximate surface area is 122 Å². The van der Waals surface area contributed by atoms with E-state index in [1.807, 2.05) is 6.92 Å². The zero-order valence-corrected chi connectivity index (χ0v) is 12.2. The van der Waals surface area contributed by atoms with Crippen LogP contribution in [0.25, 0.3) is 5.65 Å². The molecule has 0 atom stereocenters. The predicted molar refractivity (Wildman–Crippen MR) is 77.0 cm³/mol. The molecule has 1 aliphatic carbocycles. The van der Waals surface area contributed by atoms with Gasteiger partial charge in [0.2, 0.25) is 0 Å². The molecule has 5 nitrogen and oxygen atoms in total. The van der Waals surface area contributed by atoms with E-state index in [0.29, 0.717) is 23.0 Å². The fourth-order valence-corrected chi connectivity index (χ4v) is 2.74. The van der Waals surface area contributed by atoms with Gasteiger partial charge < -0.3 is 5.32 Å². The van der Waals surface area contributed by atoms with Gasteiger partial charge in [0.1, 0.15) is 5.15 Å². The third kappa shape index (κ3) is 2.50. The lowest BCUT2D eigenvalue weighted by molar-refractivity contribution is 0.0942. The van der Waals surface area contributed by atoms with Crippen molar-refractivity contribution < 1.29 is 4.79 Å². The van der Waals surface area contributed by atoms with Crippen molar-refractivity contribution in [2.75, 3.05) is 6.54 Å². The zero-order chi connectivity index (χ0) is 14.1. The summed E-state index contributed by atoms with van der Waals surface area (Å²) in [6.07, 6.45) is 6.51. The van der Waals surface area contributed by atoms with Crippen LogP contribution in [0.5, 0.6) is 0 Å². The Morgan fingerprint density at radius 3 is 3.05 bits per heavy atom. The Bertz CT molecular complexity index is 648. The zero-order valence-electron chi connectivity index (χ0n) is 11.4. The van der Waals surface area contributed by atoms with E-state index in [1.54, 1.807) is 12.3 Å². The molecule has 1 fully saturated rings. The largest absolute Gasteiger partial charge is 0.351 e. The van der Waals surface area contributed by atoms with Crippen LogP contribution in [-0.4, -0.2) is 27.0 Å². The molecule has 0 aliphatic heterocycles. The Balaban J connectivity index is 1.73. The van der Waals surface area contributed by atoms with Gasteiger partial charge in [0, 0.05) is 6.54 Å². The van der Waals surface area contributed by atoms with Crippen molar-refractivity contribution in [3.8, 4) is 0 Å². The number of carbonyl (C=O) groups excluding carboxylic acids is 1. The molecule has 1 amide bonds. The highest BCUT2D eigenvalue weighted by molar-refractivity contribution is 6.29. The molecule has 0 unspecified atom stereocenters. The number of amides is 1. The van der Waals surface area contributed by atoms with Crippen LogP contribution in [0, 0.1) is 12.8 Å². The first-order valence-corrected chi connectivity index (χ1v) is 7.32. The third-order valence-electron chi connectivity index (χ3n) is 3.92. The Morgan fingerprint density at radius 1 is 1.55 bits per heavy atom. The van der Waals surface area contributed by atoms with Crippen molar-refractivity contribution in [1.29, 1.82) is 0 Å². The first-order chi connectivity index (χ1) is 9.65. The minimum atomic E-state index is -0.147. The lowest BCUT2D eigenvalue weighted by atomic mass is 9.83. The molecule has 2 aromatic rings. The summed E-state index contributed by atoms with van der Waals surface area (Å²) in [5.74, 6) is 0.637. The van der Waals surface area contributed by atoms with E-state index in [-0.39, 0.29) is 5.91 Å². The normalized spacial score (nSPS) is 15.3. The molecular formula is C14H17ClN4O. The maximum Gasteiger partial charge on any atom is 0.271 e. The average Bonchev–Trinajstić information content (AvgIpc) is 2.76. The molecule has 6 heteroatoms. The topological polar surface area (TPSA) is 59.3 Å². The van der Waals surface area contributed by atoms with Gasteiger partial charge in [-0.3, -0.25) is 4.79 Å². The number of nitrogens with one attached hydrogen (secondary N) is 1. The van der Waals surface area contributed by atoms with Gasteiger partial charge in [-0.1, -0.05) is 30.9 Å². The molecule has 0 radical (unpaired) electrons. The number of aryl methyl sites for hydroxylation is 1. The number of imidazole rings is 1. The molecule has 0 spiro atoms. The van der Waals surface area contributed by atoms with Gasteiger partial charge >= 0.3 is 0 Å². The number of hydrogen-bond acceptors (Lipinski definition) is 3. The molecule has 20 heavy (non-hydrogen) atoms. The van der Waals surface area contributed by atoms with Crippen LogP contribution in [0.3, 0.4) is 0 Å². The minimum absolute atomic E-state index is 0.147. The van der Waals surface area contributed by atoms with Gasteiger partial charge in [0.25, 0.3) is 5.91 Å². The van der Waals surface area contributed by atoms with E-state index in [1.165, 1.54) is 23.8 Å². The van der Waals surface area contributed by atoms with Crippen LogP contribution in [0.2, 0.25) is 5.15 Å². The highest BCUT2D eigenvalue weighted by atomic mass is 35.5. The van der Waals surface area contributed by atoms with Gasteiger partial charge in [-0.25, -0.2) is 9.50 Å². The number of rotatable bonds is 4. The number of aromatic nitrogens is 3. The van der Waals surface area contributed by atoms with Crippen LogP contribution in [-0.2, 0) is 0 Å². The first kappa shape index (κ1) is 13.4.